The molecule has 0 unspecified atom stereocenters. The van der Waals surface area contributed by atoms with Crippen molar-refractivity contribution in [3.8, 4) is 5.75 Å². The van der Waals surface area contributed by atoms with Crippen molar-refractivity contribution in [1.82, 2.24) is 0 Å². The topological polar surface area (TPSA) is 75.7 Å². The normalized spacial score (nSPS) is 11.1. The number of hydrogen-bond donors (Lipinski definition) is 1. The van der Waals surface area contributed by atoms with E-state index in [1.807, 2.05) is 6.92 Å². The van der Waals surface area contributed by atoms with Crippen molar-refractivity contribution < 1.29 is 22.3 Å². The summed E-state index contributed by atoms with van der Waals surface area (Å²) in [5.74, 6) is -0.374. The number of thiophene rings is 1. The minimum atomic E-state index is -3.97. The van der Waals surface area contributed by atoms with Gasteiger partial charge in [0.05, 0.1) is 12.3 Å². The van der Waals surface area contributed by atoms with Gasteiger partial charge in [0.15, 0.2) is 0 Å². The summed E-state index contributed by atoms with van der Waals surface area (Å²) in [6.07, 6.45) is 0. The summed E-state index contributed by atoms with van der Waals surface area (Å²) in [7, 11) is -2.55. The Morgan fingerprint density at radius 2 is 1.76 bits per heavy atom. The fraction of sp³-hybridized carbons (Fsp3) is 0.150. The number of anilines is 2. The minimum absolute atomic E-state index is 0.0483. The van der Waals surface area contributed by atoms with E-state index in [0.717, 1.165) is 15.6 Å². The summed E-state index contributed by atoms with van der Waals surface area (Å²) in [5, 5.41) is 4.13. The number of carbonyl (C=O) groups is 1. The van der Waals surface area contributed by atoms with Crippen molar-refractivity contribution in [1.29, 1.82) is 0 Å². The van der Waals surface area contributed by atoms with E-state index in [1.54, 1.807) is 29.6 Å². The third kappa shape index (κ3) is 4.57. The average molecular weight is 435 g/mol. The van der Waals surface area contributed by atoms with Crippen LogP contribution in [0.2, 0.25) is 0 Å². The van der Waals surface area contributed by atoms with E-state index in [1.165, 1.54) is 37.4 Å². The Morgan fingerprint density at radius 3 is 2.38 bits per heavy atom. The molecule has 1 heterocycles. The number of carbonyl (C=O) groups excluding carboxylic acids is 1. The van der Waals surface area contributed by atoms with Crippen LogP contribution < -0.4 is 14.4 Å². The van der Waals surface area contributed by atoms with Gasteiger partial charge in [-0.25, -0.2) is 12.8 Å². The van der Waals surface area contributed by atoms with E-state index in [2.05, 4.69) is 5.32 Å². The molecular weight excluding hydrogens is 415 g/mol. The van der Waals surface area contributed by atoms with Crippen LogP contribution in [-0.4, -0.2) is 28.0 Å². The van der Waals surface area contributed by atoms with Gasteiger partial charge >= 0.3 is 0 Å². The van der Waals surface area contributed by atoms with E-state index in [9.17, 15) is 17.6 Å². The molecule has 6 nitrogen and oxygen atoms in total. The van der Waals surface area contributed by atoms with Crippen molar-refractivity contribution >= 4 is 38.6 Å². The summed E-state index contributed by atoms with van der Waals surface area (Å²) in [5.41, 5.74) is 0.803. The molecule has 0 aliphatic heterocycles. The van der Waals surface area contributed by atoms with E-state index in [0.29, 0.717) is 23.7 Å². The monoisotopic (exact) mass is 434 g/mol. The lowest BCUT2D eigenvalue weighted by Crippen LogP contribution is -2.28. The van der Waals surface area contributed by atoms with E-state index in [4.69, 9.17) is 4.74 Å². The van der Waals surface area contributed by atoms with Crippen LogP contribution in [0.4, 0.5) is 15.8 Å². The van der Waals surface area contributed by atoms with Gasteiger partial charge < -0.3 is 10.1 Å². The Labute approximate surface area is 172 Å². The largest absolute Gasteiger partial charge is 0.494 e. The van der Waals surface area contributed by atoms with Crippen LogP contribution >= 0.6 is 11.3 Å². The Bertz CT molecular complexity index is 1090. The molecule has 9 heteroatoms. The number of ether oxygens (including phenoxy) is 1. The molecule has 0 saturated heterocycles. The maximum absolute atomic E-state index is 13.1. The molecule has 1 aromatic heterocycles. The Hall–Kier alpha value is -2.91. The van der Waals surface area contributed by atoms with Crippen molar-refractivity contribution in [3.05, 3.63) is 70.7 Å². The summed E-state index contributed by atoms with van der Waals surface area (Å²) in [4.78, 5) is 12.6. The number of rotatable bonds is 7. The van der Waals surface area contributed by atoms with Gasteiger partial charge in [0.25, 0.3) is 15.9 Å². The summed E-state index contributed by atoms with van der Waals surface area (Å²) in [6, 6.07) is 13.2. The maximum atomic E-state index is 13.1. The fourth-order valence-electron chi connectivity index (χ4n) is 2.59. The van der Waals surface area contributed by atoms with Crippen molar-refractivity contribution in [2.75, 3.05) is 23.3 Å². The molecule has 29 heavy (non-hydrogen) atoms. The summed E-state index contributed by atoms with van der Waals surface area (Å²) in [6.45, 7) is 2.37. The van der Waals surface area contributed by atoms with Gasteiger partial charge in [-0.05, 0) is 66.9 Å². The molecule has 0 atom stereocenters. The summed E-state index contributed by atoms with van der Waals surface area (Å²) < 4.78 is 45.7. The van der Waals surface area contributed by atoms with Crippen LogP contribution in [0.5, 0.6) is 5.75 Å². The van der Waals surface area contributed by atoms with Crippen molar-refractivity contribution in [2.24, 2.45) is 0 Å². The third-order valence-electron chi connectivity index (χ3n) is 4.09. The third-order valence-corrected chi connectivity index (χ3v) is 6.96. The number of halogens is 1. The molecule has 0 aliphatic carbocycles. The molecule has 1 amide bonds. The van der Waals surface area contributed by atoms with E-state index in [-0.39, 0.29) is 9.77 Å². The van der Waals surface area contributed by atoms with Gasteiger partial charge in [-0.2, -0.15) is 0 Å². The molecule has 1 N–H and O–H groups in total. The van der Waals surface area contributed by atoms with Crippen LogP contribution in [-0.2, 0) is 10.0 Å². The second-order valence-electron chi connectivity index (χ2n) is 5.97. The highest BCUT2D eigenvalue weighted by atomic mass is 32.2. The first-order chi connectivity index (χ1) is 13.8. The average Bonchev–Trinajstić information content (AvgIpc) is 3.21. The highest BCUT2D eigenvalue weighted by Crippen LogP contribution is 2.29. The highest BCUT2D eigenvalue weighted by Gasteiger charge is 2.28. The second-order valence-corrected chi connectivity index (χ2v) is 8.83. The predicted molar refractivity (Wildman–Crippen MR) is 112 cm³/mol. The molecule has 0 fully saturated rings. The van der Waals surface area contributed by atoms with Gasteiger partial charge in [0, 0.05) is 12.7 Å². The quantitative estimate of drug-likeness (QED) is 0.599. The Kier molecular flexibility index (Phi) is 6.19. The molecule has 0 spiro atoms. The first-order valence-corrected chi connectivity index (χ1v) is 11.0. The molecule has 3 rings (SSSR count). The molecule has 0 radical (unpaired) electrons. The zero-order valence-electron chi connectivity index (χ0n) is 15.8. The van der Waals surface area contributed by atoms with Gasteiger partial charge in [-0.15, -0.1) is 11.3 Å². The number of benzene rings is 2. The smallest absolute Gasteiger partial charge is 0.267 e. The zero-order valence-corrected chi connectivity index (χ0v) is 17.4. The number of nitrogens with zero attached hydrogens (tertiary/aromatic N) is 1. The van der Waals surface area contributed by atoms with E-state index >= 15 is 0 Å². The number of hydrogen-bond acceptors (Lipinski definition) is 5. The second kappa shape index (κ2) is 8.62. The van der Waals surface area contributed by atoms with Gasteiger partial charge in [0.1, 0.15) is 21.3 Å². The van der Waals surface area contributed by atoms with Crippen molar-refractivity contribution in [2.45, 2.75) is 11.8 Å². The molecule has 3 aromatic rings. The molecule has 0 bridgehead atoms. The van der Waals surface area contributed by atoms with Gasteiger partial charge in [0.2, 0.25) is 0 Å². The fourth-order valence-corrected chi connectivity index (χ4v) is 5.08. The molecule has 0 aliphatic rings. The summed E-state index contributed by atoms with van der Waals surface area (Å²) >= 11 is 1.02. The number of nitrogens with one attached hydrogen (secondary N) is 1. The Morgan fingerprint density at radius 1 is 1.10 bits per heavy atom. The number of amides is 1. The standard InChI is InChI=1S/C20H19FN2O4S2/c1-3-27-17-10-8-16(9-11-17)23(2)29(25,26)18-12-13-28-19(18)20(24)22-15-6-4-14(21)5-7-15/h4-13H,3H2,1-2H3,(H,22,24). The van der Waals surface area contributed by atoms with E-state index < -0.39 is 21.7 Å². The lowest BCUT2D eigenvalue weighted by Gasteiger charge is -2.20. The number of sulfonamides is 1. The Balaban J connectivity index is 1.85. The lowest BCUT2D eigenvalue weighted by atomic mass is 10.3. The van der Waals surface area contributed by atoms with Crippen LogP contribution in [0.1, 0.15) is 16.6 Å². The maximum Gasteiger partial charge on any atom is 0.267 e. The van der Waals surface area contributed by atoms with Crippen LogP contribution in [0.3, 0.4) is 0 Å². The van der Waals surface area contributed by atoms with Crippen LogP contribution in [0.25, 0.3) is 0 Å². The molecule has 152 valence electrons. The van der Waals surface area contributed by atoms with Crippen LogP contribution in [0.15, 0.2) is 64.9 Å². The van der Waals surface area contributed by atoms with Gasteiger partial charge in [-0.1, -0.05) is 0 Å². The lowest BCUT2D eigenvalue weighted by molar-refractivity contribution is 0.102. The SMILES string of the molecule is CCOc1ccc(N(C)S(=O)(=O)c2ccsc2C(=O)Nc2ccc(F)cc2)cc1. The van der Waals surface area contributed by atoms with Crippen molar-refractivity contribution in [3.63, 3.8) is 0 Å². The molecular formula is C20H19FN2O4S2. The minimum Gasteiger partial charge on any atom is -0.494 e. The first-order valence-electron chi connectivity index (χ1n) is 8.69. The molecule has 0 saturated carbocycles. The highest BCUT2D eigenvalue weighted by molar-refractivity contribution is 7.93. The van der Waals surface area contributed by atoms with Gasteiger partial charge in [-0.3, -0.25) is 9.10 Å². The first kappa shape index (κ1) is 20.8. The predicted octanol–water partition coefficient (Wildman–Crippen LogP) is 4.36. The van der Waals surface area contributed by atoms with Crippen LogP contribution in [0, 0.1) is 5.82 Å². The zero-order chi connectivity index (χ0) is 21.0. The molecule has 2 aromatic carbocycles.